The van der Waals surface area contributed by atoms with Gasteiger partial charge in [-0.25, -0.2) is 4.68 Å². The van der Waals surface area contributed by atoms with Crippen molar-refractivity contribution in [1.29, 1.82) is 0 Å². The molecule has 0 saturated heterocycles. The Balaban J connectivity index is 1.63. The number of rotatable bonds is 4. The fourth-order valence-electron chi connectivity index (χ4n) is 2.44. The van der Waals surface area contributed by atoms with Crippen LogP contribution in [-0.2, 0) is 14.4 Å². The van der Waals surface area contributed by atoms with E-state index in [1.807, 2.05) is 0 Å². The lowest BCUT2D eigenvalue weighted by Gasteiger charge is -2.10. The van der Waals surface area contributed by atoms with E-state index in [1.54, 1.807) is 31.2 Å². The molecular weight excluding hydrogens is 312 g/mol. The summed E-state index contributed by atoms with van der Waals surface area (Å²) in [5, 5.41) is 12.1. The van der Waals surface area contributed by atoms with Crippen molar-refractivity contribution in [2.24, 2.45) is 0 Å². The molecule has 0 aliphatic carbocycles. The lowest BCUT2D eigenvalue weighted by Crippen LogP contribution is -2.23. The van der Waals surface area contributed by atoms with E-state index in [0.717, 1.165) is 0 Å². The molecule has 9 nitrogen and oxygen atoms in total. The van der Waals surface area contributed by atoms with Gasteiger partial charge in [-0.05, 0) is 31.2 Å². The molecule has 1 aromatic heterocycles. The second-order valence-electron chi connectivity index (χ2n) is 5.44. The first kappa shape index (κ1) is 15.7. The third kappa shape index (κ3) is 3.24. The van der Waals surface area contributed by atoms with E-state index in [1.165, 1.54) is 11.6 Å². The molecule has 0 saturated carbocycles. The van der Waals surface area contributed by atoms with E-state index < -0.39 is 6.04 Å². The SMILES string of the molecule is CC(=O)Nc1ccc(NC(=O)C[C@H]2C(=O)Nc3nc(C)nn32)cc1. The number of anilines is 3. The molecular formula is C15H16N6O3. The number of nitrogens with zero attached hydrogens (tertiary/aromatic N) is 3. The first-order chi connectivity index (χ1) is 11.4. The second kappa shape index (κ2) is 6.11. The van der Waals surface area contributed by atoms with E-state index in [2.05, 4.69) is 26.0 Å². The summed E-state index contributed by atoms with van der Waals surface area (Å²) in [4.78, 5) is 39.1. The maximum Gasteiger partial charge on any atom is 0.252 e. The zero-order valence-electron chi connectivity index (χ0n) is 13.2. The highest BCUT2D eigenvalue weighted by Crippen LogP contribution is 2.25. The van der Waals surface area contributed by atoms with Gasteiger partial charge in [0.15, 0.2) is 0 Å². The summed E-state index contributed by atoms with van der Waals surface area (Å²) in [6.45, 7) is 3.13. The van der Waals surface area contributed by atoms with Crippen molar-refractivity contribution in [2.45, 2.75) is 26.3 Å². The topological polar surface area (TPSA) is 118 Å². The molecule has 0 bridgehead atoms. The van der Waals surface area contributed by atoms with E-state index >= 15 is 0 Å². The predicted molar refractivity (Wildman–Crippen MR) is 86.4 cm³/mol. The van der Waals surface area contributed by atoms with Gasteiger partial charge in [0.1, 0.15) is 11.9 Å². The number of aryl methyl sites for hydroxylation is 1. The Bertz CT molecular complexity index is 811. The van der Waals surface area contributed by atoms with Crippen molar-refractivity contribution in [3.63, 3.8) is 0 Å². The lowest BCUT2D eigenvalue weighted by molar-refractivity contribution is -0.123. The first-order valence-corrected chi connectivity index (χ1v) is 7.34. The number of carbonyl (C=O) groups is 3. The van der Waals surface area contributed by atoms with Crippen molar-refractivity contribution in [3.8, 4) is 0 Å². The smallest absolute Gasteiger partial charge is 0.252 e. The fraction of sp³-hybridized carbons (Fsp3) is 0.267. The van der Waals surface area contributed by atoms with Crippen LogP contribution in [0.5, 0.6) is 0 Å². The summed E-state index contributed by atoms with van der Waals surface area (Å²) >= 11 is 0. The molecule has 1 aromatic carbocycles. The summed E-state index contributed by atoms with van der Waals surface area (Å²) in [5.74, 6) is 0.0986. The maximum atomic E-state index is 12.2. The molecule has 3 amide bonds. The Morgan fingerprint density at radius 2 is 1.83 bits per heavy atom. The number of aromatic nitrogens is 3. The Labute approximate surface area is 137 Å². The Morgan fingerprint density at radius 1 is 1.21 bits per heavy atom. The van der Waals surface area contributed by atoms with Gasteiger partial charge in [-0.2, -0.15) is 10.1 Å². The van der Waals surface area contributed by atoms with E-state index in [9.17, 15) is 14.4 Å². The molecule has 0 unspecified atom stereocenters. The number of fused-ring (bicyclic) bond motifs is 1. The third-order valence-electron chi connectivity index (χ3n) is 3.44. The maximum absolute atomic E-state index is 12.2. The Morgan fingerprint density at radius 3 is 2.46 bits per heavy atom. The van der Waals surface area contributed by atoms with Gasteiger partial charge in [0.25, 0.3) is 5.91 Å². The molecule has 9 heteroatoms. The molecule has 2 aromatic rings. The van der Waals surface area contributed by atoms with Gasteiger partial charge in [0, 0.05) is 18.3 Å². The average molecular weight is 328 g/mol. The summed E-state index contributed by atoms with van der Waals surface area (Å²) in [5.41, 5.74) is 1.21. The van der Waals surface area contributed by atoms with Crippen LogP contribution in [0.25, 0.3) is 0 Å². The van der Waals surface area contributed by atoms with Crippen molar-refractivity contribution in [3.05, 3.63) is 30.1 Å². The van der Waals surface area contributed by atoms with Crippen LogP contribution in [0.1, 0.15) is 25.2 Å². The van der Waals surface area contributed by atoms with E-state index in [-0.39, 0.29) is 24.1 Å². The molecule has 3 N–H and O–H groups in total. The number of carbonyl (C=O) groups excluding carboxylic acids is 3. The van der Waals surface area contributed by atoms with Gasteiger partial charge in [-0.3, -0.25) is 19.7 Å². The molecule has 0 fully saturated rings. The zero-order chi connectivity index (χ0) is 17.3. The van der Waals surface area contributed by atoms with Gasteiger partial charge in [0.05, 0.1) is 6.42 Å². The minimum atomic E-state index is -0.708. The monoisotopic (exact) mass is 328 g/mol. The van der Waals surface area contributed by atoms with Crippen molar-refractivity contribution in [1.82, 2.24) is 14.8 Å². The lowest BCUT2D eigenvalue weighted by atomic mass is 10.2. The van der Waals surface area contributed by atoms with Crippen LogP contribution in [-0.4, -0.2) is 32.5 Å². The van der Waals surface area contributed by atoms with Crippen LogP contribution in [0.15, 0.2) is 24.3 Å². The third-order valence-corrected chi connectivity index (χ3v) is 3.44. The van der Waals surface area contributed by atoms with Crippen LogP contribution >= 0.6 is 0 Å². The molecule has 0 spiro atoms. The zero-order valence-corrected chi connectivity index (χ0v) is 13.2. The minimum Gasteiger partial charge on any atom is -0.326 e. The highest BCUT2D eigenvalue weighted by molar-refractivity contribution is 6.01. The van der Waals surface area contributed by atoms with Gasteiger partial charge in [-0.1, -0.05) is 0 Å². The van der Waals surface area contributed by atoms with Crippen molar-refractivity contribution < 1.29 is 14.4 Å². The first-order valence-electron chi connectivity index (χ1n) is 7.34. The van der Waals surface area contributed by atoms with E-state index in [4.69, 9.17) is 0 Å². The molecule has 24 heavy (non-hydrogen) atoms. The molecule has 1 aliphatic heterocycles. The molecule has 3 rings (SSSR count). The van der Waals surface area contributed by atoms with Crippen LogP contribution in [0.3, 0.4) is 0 Å². The molecule has 1 atom stereocenters. The fourth-order valence-corrected chi connectivity index (χ4v) is 2.44. The van der Waals surface area contributed by atoms with Crippen LogP contribution in [0.2, 0.25) is 0 Å². The van der Waals surface area contributed by atoms with Gasteiger partial charge in [-0.15, -0.1) is 0 Å². The van der Waals surface area contributed by atoms with Gasteiger partial charge < -0.3 is 10.6 Å². The standard InChI is InChI=1S/C15H16N6O3/c1-8-16-15-19-14(24)12(21(15)20-8)7-13(23)18-11-5-3-10(4-6-11)17-9(2)22/h3-6,12H,7H2,1-2H3,(H,17,22)(H,18,23)(H,16,19,20,24)/t12-/m0/s1. The summed E-state index contributed by atoms with van der Waals surface area (Å²) in [7, 11) is 0. The normalized spacial score (nSPS) is 15.6. The number of amides is 3. The predicted octanol–water partition coefficient (Wildman–Crippen LogP) is 1.07. The minimum absolute atomic E-state index is 0.0465. The van der Waals surface area contributed by atoms with Crippen LogP contribution < -0.4 is 16.0 Å². The second-order valence-corrected chi connectivity index (χ2v) is 5.44. The average Bonchev–Trinajstić information content (AvgIpc) is 2.98. The van der Waals surface area contributed by atoms with Crippen LogP contribution in [0, 0.1) is 6.92 Å². The summed E-state index contributed by atoms with van der Waals surface area (Å²) < 4.78 is 1.43. The summed E-state index contributed by atoms with van der Waals surface area (Å²) in [6.07, 6.45) is -0.0465. The highest BCUT2D eigenvalue weighted by atomic mass is 16.2. The Kier molecular flexibility index (Phi) is 3.98. The number of hydrogen-bond acceptors (Lipinski definition) is 5. The van der Waals surface area contributed by atoms with Gasteiger partial charge in [0.2, 0.25) is 17.8 Å². The molecule has 2 heterocycles. The quantitative estimate of drug-likeness (QED) is 0.776. The Hall–Kier alpha value is -3.23. The summed E-state index contributed by atoms with van der Waals surface area (Å²) in [6, 6.07) is 5.99. The molecule has 1 aliphatic rings. The van der Waals surface area contributed by atoms with Crippen LogP contribution in [0.4, 0.5) is 17.3 Å². The number of nitrogens with one attached hydrogen (secondary N) is 3. The van der Waals surface area contributed by atoms with Gasteiger partial charge >= 0.3 is 0 Å². The molecule has 124 valence electrons. The largest absolute Gasteiger partial charge is 0.326 e. The number of hydrogen-bond donors (Lipinski definition) is 3. The van der Waals surface area contributed by atoms with Crippen molar-refractivity contribution >= 4 is 35.0 Å². The van der Waals surface area contributed by atoms with E-state index in [0.29, 0.717) is 23.1 Å². The van der Waals surface area contributed by atoms with Crippen molar-refractivity contribution in [2.75, 3.05) is 16.0 Å². The number of benzene rings is 1. The highest BCUT2D eigenvalue weighted by Gasteiger charge is 2.34. The molecule has 0 radical (unpaired) electrons.